The second-order valence-corrected chi connectivity index (χ2v) is 7.29. The van der Waals surface area contributed by atoms with Gasteiger partial charge >= 0.3 is 0 Å². The Morgan fingerprint density at radius 3 is 2.62 bits per heavy atom. The average Bonchev–Trinajstić information content (AvgIpc) is 2.96. The molecule has 0 amide bonds. The van der Waals surface area contributed by atoms with E-state index >= 15 is 0 Å². The van der Waals surface area contributed by atoms with E-state index in [1.165, 1.54) is 21.7 Å². The first-order valence-electron chi connectivity index (χ1n) is 8.12. The maximum Gasteiger partial charge on any atom is 0.191 e. The number of thiazole rings is 1. The molecule has 1 aromatic heterocycles. The van der Waals surface area contributed by atoms with Crippen molar-refractivity contribution < 1.29 is 0 Å². The smallest absolute Gasteiger partial charge is 0.191 e. The number of aryl methyl sites for hydroxylation is 2. The molecule has 0 aliphatic rings. The molecule has 1 heterocycles. The molecule has 0 atom stereocenters. The molecule has 2 aromatic rings. The van der Waals surface area contributed by atoms with Gasteiger partial charge < -0.3 is 15.5 Å². The van der Waals surface area contributed by atoms with E-state index in [0.717, 1.165) is 30.5 Å². The highest BCUT2D eigenvalue weighted by Gasteiger charge is 2.04. The first-order valence-corrected chi connectivity index (χ1v) is 8.94. The second-order valence-electron chi connectivity index (χ2n) is 5.97. The van der Waals surface area contributed by atoms with E-state index in [9.17, 15) is 0 Å². The first kappa shape index (κ1) is 18.3. The zero-order valence-electron chi connectivity index (χ0n) is 15.2. The first-order chi connectivity index (χ1) is 11.5. The molecule has 0 spiro atoms. The van der Waals surface area contributed by atoms with E-state index in [0.29, 0.717) is 0 Å². The Hall–Kier alpha value is -2.08. The van der Waals surface area contributed by atoms with Crippen molar-refractivity contribution in [1.82, 2.24) is 15.6 Å². The number of rotatable bonds is 6. The molecule has 2 rings (SSSR count). The van der Waals surface area contributed by atoms with Crippen molar-refractivity contribution in [2.45, 2.75) is 26.8 Å². The van der Waals surface area contributed by atoms with Gasteiger partial charge in [0.15, 0.2) is 5.96 Å². The van der Waals surface area contributed by atoms with E-state index in [2.05, 4.69) is 71.7 Å². The van der Waals surface area contributed by atoms with Gasteiger partial charge in [-0.2, -0.15) is 0 Å². The van der Waals surface area contributed by atoms with Gasteiger partial charge in [0, 0.05) is 57.4 Å². The van der Waals surface area contributed by atoms with Gasteiger partial charge in [0.2, 0.25) is 0 Å². The van der Waals surface area contributed by atoms with Crippen LogP contribution in [0.2, 0.25) is 0 Å². The van der Waals surface area contributed by atoms with Crippen molar-refractivity contribution in [3.05, 3.63) is 45.4 Å². The summed E-state index contributed by atoms with van der Waals surface area (Å²) in [4.78, 5) is 12.0. The summed E-state index contributed by atoms with van der Waals surface area (Å²) in [6.07, 6.45) is 2.84. The normalized spacial score (nSPS) is 11.5. The van der Waals surface area contributed by atoms with E-state index in [1.807, 2.05) is 6.20 Å². The third-order valence-corrected chi connectivity index (χ3v) is 4.79. The highest BCUT2D eigenvalue weighted by atomic mass is 32.1. The average molecular weight is 346 g/mol. The molecule has 24 heavy (non-hydrogen) atoms. The van der Waals surface area contributed by atoms with Crippen LogP contribution in [0.25, 0.3) is 0 Å². The zero-order valence-corrected chi connectivity index (χ0v) is 16.0. The zero-order chi connectivity index (χ0) is 17.5. The highest BCUT2D eigenvalue weighted by molar-refractivity contribution is 7.11. The quantitative estimate of drug-likeness (QED) is 0.624. The maximum atomic E-state index is 4.38. The monoisotopic (exact) mass is 345 g/mol. The number of aliphatic imine (C=N–C) groups is 1. The van der Waals surface area contributed by atoms with Crippen LogP contribution >= 0.6 is 11.3 Å². The van der Waals surface area contributed by atoms with Crippen molar-refractivity contribution >= 4 is 23.0 Å². The number of aromatic nitrogens is 1. The molecule has 0 radical (unpaired) electrons. The standard InChI is InChI=1S/C18H27N5S/c1-13-10-16(23(4)5)7-6-15(13)12-22-18(19-3)20-9-8-17-21-11-14(2)24-17/h6-7,10-11H,8-9,12H2,1-5H3,(H2,19,20,22). The van der Waals surface area contributed by atoms with Gasteiger partial charge in [-0.1, -0.05) is 6.07 Å². The summed E-state index contributed by atoms with van der Waals surface area (Å²) in [7, 11) is 5.91. The van der Waals surface area contributed by atoms with Crippen molar-refractivity contribution in [2.75, 3.05) is 32.6 Å². The van der Waals surface area contributed by atoms with Gasteiger partial charge in [-0.05, 0) is 37.1 Å². The van der Waals surface area contributed by atoms with Crippen molar-refractivity contribution in [3.63, 3.8) is 0 Å². The van der Waals surface area contributed by atoms with Gasteiger partial charge in [-0.25, -0.2) is 4.98 Å². The summed E-state index contributed by atoms with van der Waals surface area (Å²) in [6.45, 7) is 5.81. The number of hydrogen-bond donors (Lipinski definition) is 2. The lowest BCUT2D eigenvalue weighted by Crippen LogP contribution is -2.38. The number of hydrogen-bond acceptors (Lipinski definition) is 4. The predicted octanol–water partition coefficient (Wildman–Crippen LogP) is 2.73. The van der Waals surface area contributed by atoms with Crippen LogP contribution in [0.3, 0.4) is 0 Å². The van der Waals surface area contributed by atoms with E-state index in [1.54, 1.807) is 18.4 Å². The summed E-state index contributed by atoms with van der Waals surface area (Å²) in [5.41, 5.74) is 3.78. The number of guanidine groups is 1. The lowest BCUT2D eigenvalue weighted by atomic mass is 10.1. The lowest BCUT2D eigenvalue weighted by molar-refractivity contribution is 0.790. The van der Waals surface area contributed by atoms with Gasteiger partial charge in [0.25, 0.3) is 0 Å². The van der Waals surface area contributed by atoms with Crippen LogP contribution in [-0.2, 0) is 13.0 Å². The van der Waals surface area contributed by atoms with Crippen LogP contribution in [0.1, 0.15) is 21.0 Å². The second kappa shape index (κ2) is 8.68. The Labute approximate surface area is 148 Å². The van der Waals surface area contributed by atoms with Crippen LogP contribution in [0, 0.1) is 13.8 Å². The van der Waals surface area contributed by atoms with Crippen molar-refractivity contribution in [1.29, 1.82) is 0 Å². The van der Waals surface area contributed by atoms with Crippen molar-refractivity contribution in [3.8, 4) is 0 Å². The Morgan fingerprint density at radius 1 is 1.25 bits per heavy atom. The fourth-order valence-corrected chi connectivity index (χ4v) is 3.15. The summed E-state index contributed by atoms with van der Waals surface area (Å²) in [6, 6.07) is 6.52. The molecule has 0 fully saturated rings. The molecule has 0 bridgehead atoms. The number of anilines is 1. The van der Waals surface area contributed by atoms with Gasteiger partial charge in [-0.15, -0.1) is 11.3 Å². The van der Waals surface area contributed by atoms with Crippen LogP contribution < -0.4 is 15.5 Å². The topological polar surface area (TPSA) is 52.6 Å². The largest absolute Gasteiger partial charge is 0.378 e. The molecule has 6 heteroatoms. The molecule has 0 aliphatic heterocycles. The van der Waals surface area contributed by atoms with Crippen LogP contribution in [0.5, 0.6) is 0 Å². The molecule has 5 nitrogen and oxygen atoms in total. The van der Waals surface area contributed by atoms with Crippen LogP contribution in [-0.4, -0.2) is 38.6 Å². The summed E-state index contributed by atoms with van der Waals surface area (Å²) in [5.74, 6) is 0.819. The number of benzene rings is 1. The lowest BCUT2D eigenvalue weighted by Gasteiger charge is -2.16. The van der Waals surface area contributed by atoms with Gasteiger partial charge in [0.05, 0.1) is 5.01 Å². The SMILES string of the molecule is CN=C(NCCc1ncc(C)s1)NCc1ccc(N(C)C)cc1C. The fourth-order valence-electron chi connectivity index (χ4n) is 2.36. The summed E-state index contributed by atoms with van der Waals surface area (Å²) in [5, 5.41) is 7.88. The Morgan fingerprint density at radius 2 is 2.04 bits per heavy atom. The summed E-state index contributed by atoms with van der Waals surface area (Å²) >= 11 is 1.75. The third kappa shape index (κ3) is 5.23. The van der Waals surface area contributed by atoms with Gasteiger partial charge in [-0.3, -0.25) is 4.99 Å². The molecule has 130 valence electrons. The van der Waals surface area contributed by atoms with E-state index in [4.69, 9.17) is 0 Å². The molecular formula is C18H27N5S. The Bertz CT molecular complexity index is 690. The van der Waals surface area contributed by atoms with Gasteiger partial charge in [0.1, 0.15) is 0 Å². The minimum absolute atomic E-state index is 0.759. The van der Waals surface area contributed by atoms with E-state index in [-0.39, 0.29) is 0 Å². The number of nitrogens with one attached hydrogen (secondary N) is 2. The van der Waals surface area contributed by atoms with Crippen LogP contribution in [0.15, 0.2) is 29.4 Å². The molecule has 0 saturated carbocycles. The Balaban J connectivity index is 1.83. The maximum absolute atomic E-state index is 4.38. The summed E-state index contributed by atoms with van der Waals surface area (Å²) < 4.78 is 0. The molecule has 0 unspecified atom stereocenters. The van der Waals surface area contributed by atoms with E-state index < -0.39 is 0 Å². The Kier molecular flexibility index (Phi) is 6.61. The minimum Gasteiger partial charge on any atom is -0.378 e. The molecule has 0 aliphatic carbocycles. The third-order valence-electron chi connectivity index (χ3n) is 3.81. The molecule has 1 aromatic carbocycles. The predicted molar refractivity (Wildman–Crippen MR) is 104 cm³/mol. The molecular weight excluding hydrogens is 318 g/mol. The van der Waals surface area contributed by atoms with Crippen molar-refractivity contribution in [2.24, 2.45) is 4.99 Å². The minimum atomic E-state index is 0.759. The fraction of sp³-hybridized carbons (Fsp3) is 0.444. The van der Waals surface area contributed by atoms with Crippen LogP contribution in [0.4, 0.5) is 5.69 Å². The highest BCUT2D eigenvalue weighted by Crippen LogP contribution is 2.17. The molecule has 0 saturated heterocycles. The molecule has 2 N–H and O–H groups in total. The number of nitrogens with zero attached hydrogens (tertiary/aromatic N) is 3.